The quantitative estimate of drug-likeness (QED) is 0.736. The van der Waals surface area contributed by atoms with Crippen LogP contribution in [0.5, 0.6) is 0 Å². The monoisotopic (exact) mass is 309 g/mol. The molecule has 23 heavy (non-hydrogen) atoms. The smallest absolute Gasteiger partial charge is 0.144 e. The van der Waals surface area contributed by atoms with Crippen LogP contribution in [0.25, 0.3) is 0 Å². The van der Waals surface area contributed by atoms with Crippen molar-refractivity contribution in [2.75, 3.05) is 13.2 Å². The van der Waals surface area contributed by atoms with E-state index in [0.29, 0.717) is 11.8 Å². The van der Waals surface area contributed by atoms with Crippen LogP contribution in [-0.4, -0.2) is 23.8 Å². The van der Waals surface area contributed by atoms with Crippen molar-refractivity contribution >= 4 is 0 Å². The minimum absolute atomic E-state index is 0.0227. The summed E-state index contributed by atoms with van der Waals surface area (Å²) in [5.41, 5.74) is 4.98. The van der Waals surface area contributed by atoms with Crippen LogP contribution in [0.15, 0.2) is 41.6 Å². The molecule has 2 aliphatic heterocycles. The van der Waals surface area contributed by atoms with Gasteiger partial charge in [-0.05, 0) is 56.1 Å². The number of hydrogen-bond donors (Lipinski definition) is 0. The van der Waals surface area contributed by atoms with E-state index in [4.69, 9.17) is 4.74 Å². The van der Waals surface area contributed by atoms with E-state index < -0.39 is 0 Å². The molecule has 2 fully saturated rings. The van der Waals surface area contributed by atoms with Gasteiger partial charge in [0.2, 0.25) is 0 Å². The summed E-state index contributed by atoms with van der Waals surface area (Å²) >= 11 is 0. The number of rotatable bonds is 1. The molecule has 1 saturated heterocycles. The molecular formula is C21H27NO. The highest BCUT2D eigenvalue weighted by Gasteiger charge is 2.57. The molecule has 2 aliphatic carbocycles. The van der Waals surface area contributed by atoms with Crippen LogP contribution in [0.3, 0.4) is 0 Å². The van der Waals surface area contributed by atoms with E-state index in [1.54, 1.807) is 11.3 Å². The van der Waals surface area contributed by atoms with Crippen LogP contribution in [0.1, 0.15) is 62.8 Å². The van der Waals surface area contributed by atoms with Crippen LogP contribution in [-0.2, 0) is 4.74 Å². The lowest BCUT2D eigenvalue weighted by Crippen LogP contribution is -2.57. The Kier molecular flexibility index (Phi) is 3.29. The Morgan fingerprint density at radius 3 is 2.78 bits per heavy atom. The van der Waals surface area contributed by atoms with Gasteiger partial charge in [0.25, 0.3) is 0 Å². The molecule has 0 bridgehead atoms. The molecule has 0 unspecified atom stereocenters. The lowest BCUT2D eigenvalue weighted by atomic mass is 9.63. The minimum atomic E-state index is 0.0227. The summed E-state index contributed by atoms with van der Waals surface area (Å²) in [5, 5.41) is 0. The predicted molar refractivity (Wildman–Crippen MR) is 92.0 cm³/mol. The third kappa shape index (κ3) is 1.97. The van der Waals surface area contributed by atoms with Crippen molar-refractivity contribution in [1.82, 2.24) is 4.90 Å². The Hall–Kier alpha value is -1.28. The predicted octanol–water partition coefficient (Wildman–Crippen LogP) is 4.83. The zero-order valence-corrected chi connectivity index (χ0v) is 14.0. The van der Waals surface area contributed by atoms with E-state index in [2.05, 4.69) is 35.2 Å². The van der Waals surface area contributed by atoms with E-state index >= 15 is 0 Å². The molecule has 1 aromatic carbocycles. The second kappa shape index (κ2) is 5.37. The Labute approximate surface area is 139 Å². The standard InChI is InChI=1S/C21H27NO/c1-2-8-16(9-3-1)20-17-10-4-5-12-19(17)22-14-15-23-21(22)13-7-6-11-18(20)21/h1-3,8-9,18,20H,4-7,10-15H2/t18-,20+,21-/m1/s1. The third-order valence-corrected chi connectivity index (χ3v) is 6.75. The maximum Gasteiger partial charge on any atom is 0.144 e. The lowest BCUT2D eigenvalue weighted by Gasteiger charge is -2.56. The highest BCUT2D eigenvalue weighted by atomic mass is 16.5. The maximum absolute atomic E-state index is 6.54. The van der Waals surface area contributed by atoms with Gasteiger partial charge in [0.05, 0.1) is 6.61 Å². The van der Waals surface area contributed by atoms with Crippen LogP contribution < -0.4 is 0 Å². The number of hydrogen-bond acceptors (Lipinski definition) is 2. The minimum Gasteiger partial charge on any atom is -0.353 e. The summed E-state index contributed by atoms with van der Waals surface area (Å²) in [6.45, 7) is 2.05. The highest BCUT2D eigenvalue weighted by molar-refractivity contribution is 5.39. The SMILES string of the molecule is c1ccc([C@H]2C3=C(CCCC3)N3CCO[C@@]34CCCC[C@H]24)cc1. The van der Waals surface area contributed by atoms with E-state index in [9.17, 15) is 0 Å². The second-order valence-electron chi connectivity index (χ2n) is 7.76. The van der Waals surface area contributed by atoms with Gasteiger partial charge in [-0.2, -0.15) is 0 Å². The molecule has 0 aromatic heterocycles. The molecule has 1 spiro atoms. The maximum atomic E-state index is 6.54. The van der Waals surface area contributed by atoms with Gasteiger partial charge < -0.3 is 9.64 Å². The van der Waals surface area contributed by atoms with Gasteiger partial charge in [0.1, 0.15) is 5.72 Å². The van der Waals surface area contributed by atoms with Gasteiger partial charge in [-0.15, -0.1) is 0 Å². The zero-order valence-electron chi connectivity index (χ0n) is 14.0. The van der Waals surface area contributed by atoms with Crippen molar-refractivity contribution in [3.8, 4) is 0 Å². The van der Waals surface area contributed by atoms with Crippen molar-refractivity contribution in [2.24, 2.45) is 5.92 Å². The van der Waals surface area contributed by atoms with Gasteiger partial charge in [-0.1, -0.05) is 36.8 Å². The molecule has 3 atom stereocenters. The Bertz CT molecular complexity index is 622. The molecule has 0 amide bonds. The number of ether oxygens (including phenoxy) is 1. The topological polar surface area (TPSA) is 12.5 Å². The van der Waals surface area contributed by atoms with E-state index in [1.807, 2.05) is 0 Å². The highest BCUT2D eigenvalue weighted by Crippen LogP contribution is 2.58. The summed E-state index contributed by atoms with van der Waals surface area (Å²) in [5.74, 6) is 1.25. The molecular weight excluding hydrogens is 282 g/mol. The van der Waals surface area contributed by atoms with Gasteiger partial charge >= 0.3 is 0 Å². The van der Waals surface area contributed by atoms with Gasteiger partial charge in [0.15, 0.2) is 0 Å². The average Bonchev–Trinajstić information content (AvgIpc) is 3.04. The Morgan fingerprint density at radius 1 is 1.00 bits per heavy atom. The van der Waals surface area contributed by atoms with E-state index in [0.717, 1.165) is 13.2 Å². The molecule has 122 valence electrons. The fourth-order valence-corrected chi connectivity index (χ4v) is 5.93. The fourth-order valence-electron chi connectivity index (χ4n) is 5.93. The Morgan fingerprint density at radius 2 is 1.87 bits per heavy atom. The summed E-state index contributed by atoms with van der Waals surface area (Å²) in [6, 6.07) is 11.3. The van der Waals surface area contributed by atoms with Crippen LogP contribution >= 0.6 is 0 Å². The first-order valence-corrected chi connectivity index (χ1v) is 9.59. The molecule has 1 aromatic rings. The van der Waals surface area contributed by atoms with E-state index in [1.165, 1.54) is 56.9 Å². The zero-order chi connectivity index (χ0) is 15.3. The molecule has 4 aliphatic rings. The first kappa shape index (κ1) is 14.1. The van der Waals surface area contributed by atoms with Gasteiger partial charge in [-0.25, -0.2) is 0 Å². The van der Waals surface area contributed by atoms with Gasteiger partial charge in [0, 0.05) is 24.1 Å². The molecule has 0 N–H and O–H groups in total. The summed E-state index contributed by atoms with van der Waals surface area (Å²) in [6.07, 6.45) is 10.6. The summed E-state index contributed by atoms with van der Waals surface area (Å²) < 4.78 is 6.54. The first-order chi connectivity index (χ1) is 11.4. The summed E-state index contributed by atoms with van der Waals surface area (Å²) in [7, 11) is 0. The van der Waals surface area contributed by atoms with Crippen molar-refractivity contribution < 1.29 is 4.74 Å². The van der Waals surface area contributed by atoms with Crippen molar-refractivity contribution in [2.45, 2.75) is 63.0 Å². The number of allylic oxidation sites excluding steroid dienone is 2. The molecule has 2 heterocycles. The van der Waals surface area contributed by atoms with Crippen molar-refractivity contribution in [1.29, 1.82) is 0 Å². The first-order valence-electron chi connectivity index (χ1n) is 9.59. The van der Waals surface area contributed by atoms with Crippen molar-refractivity contribution in [3.05, 3.63) is 47.2 Å². The molecule has 5 rings (SSSR count). The Balaban J connectivity index is 1.69. The number of benzene rings is 1. The van der Waals surface area contributed by atoms with Crippen LogP contribution in [0.2, 0.25) is 0 Å². The van der Waals surface area contributed by atoms with Crippen LogP contribution in [0.4, 0.5) is 0 Å². The molecule has 2 nitrogen and oxygen atoms in total. The lowest BCUT2D eigenvalue weighted by molar-refractivity contribution is -0.150. The second-order valence-corrected chi connectivity index (χ2v) is 7.76. The number of nitrogens with zero attached hydrogens (tertiary/aromatic N) is 1. The van der Waals surface area contributed by atoms with E-state index in [-0.39, 0.29) is 5.72 Å². The average molecular weight is 309 g/mol. The fraction of sp³-hybridized carbons (Fsp3) is 0.619. The van der Waals surface area contributed by atoms with Gasteiger partial charge in [-0.3, -0.25) is 0 Å². The van der Waals surface area contributed by atoms with Crippen LogP contribution in [0, 0.1) is 5.92 Å². The largest absolute Gasteiger partial charge is 0.353 e. The summed E-state index contributed by atoms with van der Waals surface area (Å²) in [4.78, 5) is 2.73. The molecule has 0 radical (unpaired) electrons. The molecule has 2 heteroatoms. The molecule has 1 saturated carbocycles. The number of fused-ring (bicyclic) bond motifs is 1. The normalized spacial score (nSPS) is 36.4. The third-order valence-electron chi connectivity index (χ3n) is 6.75. The van der Waals surface area contributed by atoms with Crippen molar-refractivity contribution in [3.63, 3.8) is 0 Å².